The molecule has 0 atom stereocenters. The molecular weight excluding hydrogens is 548 g/mol. The molecule has 3 aromatic rings. The zero-order chi connectivity index (χ0) is 29.0. The fourth-order valence-electron chi connectivity index (χ4n) is 4.58. The number of H-pyrrole nitrogens is 1. The van der Waals surface area contributed by atoms with Crippen LogP contribution in [0.4, 0.5) is 20.2 Å². The maximum Gasteiger partial charge on any atom is 0.303 e. The van der Waals surface area contributed by atoms with Gasteiger partial charge in [-0.05, 0) is 31.0 Å². The summed E-state index contributed by atoms with van der Waals surface area (Å²) in [6.45, 7) is 3.41. The van der Waals surface area contributed by atoms with Crippen molar-refractivity contribution in [3.63, 3.8) is 0 Å². The van der Waals surface area contributed by atoms with Gasteiger partial charge in [0.2, 0.25) is 21.7 Å². The number of hydrogen-bond acceptors (Lipinski definition) is 7. The number of carbonyl (C=O) groups excluding carboxylic acids is 2. The van der Waals surface area contributed by atoms with Gasteiger partial charge in [-0.3, -0.25) is 19.1 Å². The molecule has 1 saturated heterocycles. The molecule has 1 fully saturated rings. The van der Waals surface area contributed by atoms with Gasteiger partial charge in [-0.2, -0.15) is 0 Å². The predicted molar refractivity (Wildman–Crippen MR) is 144 cm³/mol. The van der Waals surface area contributed by atoms with Crippen LogP contribution in [0.5, 0.6) is 0 Å². The number of aliphatic carboxylic acids is 1. The van der Waals surface area contributed by atoms with E-state index in [9.17, 15) is 27.2 Å². The fourth-order valence-corrected chi connectivity index (χ4v) is 5.71. The van der Waals surface area contributed by atoms with Crippen molar-refractivity contribution in [3.8, 4) is 0 Å². The molecule has 0 bridgehead atoms. The van der Waals surface area contributed by atoms with Crippen molar-refractivity contribution in [2.24, 2.45) is 0 Å². The van der Waals surface area contributed by atoms with Crippen molar-refractivity contribution in [2.75, 3.05) is 41.6 Å². The van der Waals surface area contributed by atoms with Crippen LogP contribution in [0.2, 0.25) is 0 Å². The fraction of sp³-hybridized carbons (Fsp3) is 0.385. The van der Waals surface area contributed by atoms with Gasteiger partial charge in [-0.25, -0.2) is 22.2 Å². The lowest BCUT2D eigenvalue weighted by Gasteiger charge is -2.36. The van der Waals surface area contributed by atoms with Gasteiger partial charge >= 0.3 is 5.97 Å². The summed E-state index contributed by atoms with van der Waals surface area (Å²) in [6, 6.07) is 3.43. The van der Waals surface area contributed by atoms with Crippen molar-refractivity contribution in [1.29, 1.82) is 0 Å². The molecule has 214 valence electrons. The van der Waals surface area contributed by atoms with E-state index in [1.165, 1.54) is 6.20 Å². The van der Waals surface area contributed by atoms with Crippen molar-refractivity contribution >= 4 is 50.1 Å². The molecule has 14 heteroatoms. The van der Waals surface area contributed by atoms with E-state index < -0.39 is 44.7 Å². The standard InChI is InChI=1S/C26H29F2N5O6S/c1-2-12-40(38,39)31-20-7-6-19(27)23(24(20)28)25(37)18-15-30-26-17(18)13-16(14-29-26)32-8-10-33(11-9-32)21(34)4-3-5-22(35)36/h6-7,13-15,31H,2-5,8-12H2,1H3,(H,29,30)(H,35,36). The van der Waals surface area contributed by atoms with Crippen LogP contribution in [0, 0.1) is 11.6 Å². The largest absolute Gasteiger partial charge is 0.481 e. The molecule has 2 aromatic heterocycles. The highest BCUT2D eigenvalue weighted by Gasteiger charge is 2.27. The van der Waals surface area contributed by atoms with E-state index in [1.807, 2.05) is 4.90 Å². The van der Waals surface area contributed by atoms with E-state index in [4.69, 9.17) is 5.11 Å². The minimum atomic E-state index is -3.88. The SMILES string of the molecule is CCCS(=O)(=O)Nc1ccc(F)c(C(=O)c2c[nH]c3ncc(N4CCN(C(=O)CCCC(=O)O)CC4)cc23)c1F. The topological polar surface area (TPSA) is 153 Å². The zero-order valence-corrected chi connectivity index (χ0v) is 22.6. The molecule has 1 aliphatic heterocycles. The Kier molecular flexibility index (Phi) is 8.67. The number of ketones is 1. The molecule has 4 rings (SSSR count). The Balaban J connectivity index is 1.54. The van der Waals surface area contributed by atoms with Crippen LogP contribution in [0.3, 0.4) is 0 Å². The lowest BCUT2D eigenvalue weighted by Crippen LogP contribution is -2.48. The number of rotatable bonds is 11. The molecule has 3 N–H and O–H groups in total. The van der Waals surface area contributed by atoms with Crippen molar-refractivity contribution < 1.29 is 36.7 Å². The van der Waals surface area contributed by atoms with Gasteiger partial charge in [-0.1, -0.05) is 6.92 Å². The zero-order valence-electron chi connectivity index (χ0n) is 21.7. The van der Waals surface area contributed by atoms with Crippen molar-refractivity contribution in [2.45, 2.75) is 32.6 Å². The lowest BCUT2D eigenvalue weighted by molar-refractivity contribution is -0.137. The molecule has 0 spiro atoms. The number of pyridine rings is 1. The Bertz CT molecular complexity index is 1550. The van der Waals surface area contributed by atoms with Crippen LogP contribution < -0.4 is 9.62 Å². The van der Waals surface area contributed by atoms with Crippen LogP contribution in [-0.2, 0) is 19.6 Å². The first kappa shape index (κ1) is 28.9. The summed E-state index contributed by atoms with van der Waals surface area (Å²) in [5, 5.41) is 9.08. The number of carboxylic acid groups (broad SMARTS) is 1. The van der Waals surface area contributed by atoms with Gasteiger partial charge in [0.15, 0.2) is 5.82 Å². The maximum atomic E-state index is 15.3. The van der Waals surface area contributed by atoms with E-state index in [-0.39, 0.29) is 42.9 Å². The minimum absolute atomic E-state index is 0.0389. The van der Waals surface area contributed by atoms with E-state index >= 15 is 4.39 Å². The second-order valence-corrected chi connectivity index (χ2v) is 11.3. The Morgan fingerprint density at radius 2 is 1.85 bits per heavy atom. The quantitative estimate of drug-likeness (QED) is 0.294. The lowest BCUT2D eigenvalue weighted by atomic mass is 10.0. The van der Waals surface area contributed by atoms with E-state index in [0.29, 0.717) is 42.9 Å². The summed E-state index contributed by atoms with van der Waals surface area (Å²) in [5.74, 6) is -4.75. The number of aromatic amines is 1. The molecule has 3 heterocycles. The first-order chi connectivity index (χ1) is 19.0. The first-order valence-electron chi connectivity index (χ1n) is 12.8. The van der Waals surface area contributed by atoms with E-state index in [1.54, 1.807) is 24.1 Å². The Morgan fingerprint density at radius 3 is 2.52 bits per heavy atom. The number of halogens is 2. The summed E-state index contributed by atoms with van der Waals surface area (Å²) >= 11 is 0. The van der Waals surface area contributed by atoms with Gasteiger partial charge in [0.25, 0.3) is 0 Å². The molecular formula is C26H29F2N5O6S. The predicted octanol–water partition coefficient (Wildman–Crippen LogP) is 3.13. The number of piperazine rings is 1. The molecule has 1 aromatic carbocycles. The van der Waals surface area contributed by atoms with Crippen molar-refractivity contribution in [1.82, 2.24) is 14.9 Å². The molecule has 11 nitrogen and oxygen atoms in total. The number of amides is 1. The van der Waals surface area contributed by atoms with Crippen LogP contribution in [0.1, 0.15) is 48.5 Å². The maximum absolute atomic E-state index is 15.3. The average Bonchev–Trinajstić information content (AvgIpc) is 3.33. The van der Waals surface area contributed by atoms with Gasteiger partial charge in [0, 0.05) is 56.2 Å². The van der Waals surface area contributed by atoms with E-state index in [2.05, 4.69) is 14.7 Å². The molecule has 40 heavy (non-hydrogen) atoms. The molecule has 1 aliphatic rings. The number of sulfonamides is 1. The average molecular weight is 578 g/mol. The second kappa shape index (κ2) is 12.0. The summed E-state index contributed by atoms with van der Waals surface area (Å²) in [5.41, 5.74) is -0.491. The summed E-state index contributed by atoms with van der Waals surface area (Å²) < 4.78 is 56.3. The first-order valence-corrected chi connectivity index (χ1v) is 14.4. The highest BCUT2D eigenvalue weighted by Crippen LogP contribution is 2.29. The van der Waals surface area contributed by atoms with Gasteiger partial charge < -0.3 is 19.9 Å². The van der Waals surface area contributed by atoms with Gasteiger partial charge in [0.1, 0.15) is 11.5 Å². The van der Waals surface area contributed by atoms with Crippen LogP contribution in [0.15, 0.2) is 30.6 Å². The van der Waals surface area contributed by atoms with Crippen LogP contribution >= 0.6 is 0 Å². The number of hydrogen-bond donors (Lipinski definition) is 3. The van der Waals surface area contributed by atoms with Gasteiger partial charge in [-0.15, -0.1) is 0 Å². The van der Waals surface area contributed by atoms with Gasteiger partial charge in [0.05, 0.1) is 28.9 Å². The van der Waals surface area contributed by atoms with Crippen LogP contribution in [-0.4, -0.2) is 78.0 Å². The smallest absolute Gasteiger partial charge is 0.303 e. The highest BCUT2D eigenvalue weighted by atomic mass is 32.2. The third-order valence-electron chi connectivity index (χ3n) is 6.60. The monoisotopic (exact) mass is 577 g/mol. The number of aromatic nitrogens is 2. The molecule has 0 saturated carbocycles. The molecule has 1 amide bonds. The number of fused-ring (bicyclic) bond motifs is 1. The summed E-state index contributed by atoms with van der Waals surface area (Å²) in [4.78, 5) is 47.2. The van der Waals surface area contributed by atoms with Crippen LogP contribution in [0.25, 0.3) is 11.0 Å². The number of carbonyl (C=O) groups is 3. The van der Waals surface area contributed by atoms with Crippen molar-refractivity contribution in [3.05, 3.63) is 53.4 Å². The Hall–Kier alpha value is -4.07. The minimum Gasteiger partial charge on any atom is -0.481 e. The third-order valence-corrected chi connectivity index (χ3v) is 8.07. The number of benzene rings is 1. The summed E-state index contributed by atoms with van der Waals surface area (Å²) in [6.07, 6.45) is 3.53. The Morgan fingerprint density at radius 1 is 1.12 bits per heavy atom. The number of anilines is 2. The molecule has 0 radical (unpaired) electrons. The molecule has 0 aliphatic carbocycles. The number of nitrogens with one attached hydrogen (secondary N) is 2. The third kappa shape index (κ3) is 6.38. The Labute approximate surface area is 229 Å². The van der Waals surface area contributed by atoms with E-state index in [0.717, 1.165) is 12.1 Å². The second-order valence-electron chi connectivity index (χ2n) is 9.44. The number of nitrogens with zero attached hydrogens (tertiary/aromatic N) is 3. The number of carboxylic acids is 1. The summed E-state index contributed by atoms with van der Waals surface area (Å²) in [7, 11) is -3.88. The molecule has 0 unspecified atom stereocenters. The normalized spacial score (nSPS) is 14.0. The highest BCUT2D eigenvalue weighted by molar-refractivity contribution is 7.92.